The number of carbonyl (C=O) groups excluding carboxylic acids is 1. The number of nitrogens with zero attached hydrogens (tertiary/aromatic N) is 2. The van der Waals surface area contributed by atoms with E-state index in [4.69, 9.17) is 4.74 Å². The maximum atomic E-state index is 13.7. The van der Waals surface area contributed by atoms with E-state index < -0.39 is 10.0 Å². The van der Waals surface area contributed by atoms with Crippen LogP contribution in [0.3, 0.4) is 0 Å². The van der Waals surface area contributed by atoms with Crippen molar-refractivity contribution in [3.05, 3.63) is 83.9 Å². The summed E-state index contributed by atoms with van der Waals surface area (Å²) in [7, 11) is -2.53. The largest absolute Gasteiger partial charge is 0.495 e. The van der Waals surface area contributed by atoms with Crippen molar-refractivity contribution in [1.82, 2.24) is 0 Å². The van der Waals surface area contributed by atoms with Crippen LogP contribution in [0.1, 0.15) is 18.1 Å². The number of methoxy groups -OCH3 is 1. The van der Waals surface area contributed by atoms with Gasteiger partial charge in [0.1, 0.15) is 12.3 Å². The van der Waals surface area contributed by atoms with Gasteiger partial charge < -0.3 is 9.64 Å². The summed E-state index contributed by atoms with van der Waals surface area (Å²) >= 11 is 0. The summed E-state index contributed by atoms with van der Waals surface area (Å²) in [6.45, 7) is 3.51. The number of ether oxygens (including phenoxy) is 1. The van der Waals surface area contributed by atoms with Crippen LogP contribution in [0.5, 0.6) is 5.75 Å². The molecule has 4 rings (SSSR count). The predicted molar refractivity (Wildman–Crippen MR) is 126 cm³/mol. The van der Waals surface area contributed by atoms with Gasteiger partial charge in [-0.25, -0.2) is 8.42 Å². The maximum absolute atomic E-state index is 13.7. The highest BCUT2D eigenvalue weighted by atomic mass is 32.2. The van der Waals surface area contributed by atoms with Crippen molar-refractivity contribution in [3.63, 3.8) is 0 Å². The van der Waals surface area contributed by atoms with E-state index in [1.54, 1.807) is 35.2 Å². The summed E-state index contributed by atoms with van der Waals surface area (Å²) in [6, 6.07) is 21.1. The Balaban J connectivity index is 1.79. The number of para-hydroxylation sites is 1. The number of sulfonamides is 1. The molecule has 6 nitrogen and oxygen atoms in total. The van der Waals surface area contributed by atoms with Crippen LogP contribution in [-0.2, 0) is 21.2 Å². The Labute approximate surface area is 189 Å². The fourth-order valence-electron chi connectivity index (χ4n) is 4.16. The van der Waals surface area contributed by atoms with Gasteiger partial charge in [-0.3, -0.25) is 9.10 Å². The first-order valence-electron chi connectivity index (χ1n) is 10.5. The van der Waals surface area contributed by atoms with Crippen LogP contribution in [0.25, 0.3) is 0 Å². The normalized spacial score (nSPS) is 15.3. The summed E-state index contributed by atoms with van der Waals surface area (Å²) in [6.07, 6.45) is 0.737. The summed E-state index contributed by atoms with van der Waals surface area (Å²) < 4.78 is 34.0. The minimum atomic E-state index is -4.02. The molecule has 1 aliphatic rings. The lowest BCUT2D eigenvalue weighted by atomic mass is 10.1. The Morgan fingerprint density at radius 2 is 1.75 bits per heavy atom. The topological polar surface area (TPSA) is 66.9 Å². The van der Waals surface area contributed by atoms with E-state index in [0.717, 1.165) is 27.5 Å². The molecule has 0 spiro atoms. The quantitative estimate of drug-likeness (QED) is 0.565. The Kier molecular flexibility index (Phi) is 5.93. The van der Waals surface area contributed by atoms with E-state index in [1.807, 2.05) is 44.2 Å². The number of aryl methyl sites for hydroxylation is 1. The van der Waals surface area contributed by atoms with Gasteiger partial charge in [0.05, 0.1) is 17.7 Å². The van der Waals surface area contributed by atoms with Crippen molar-refractivity contribution in [3.8, 4) is 5.75 Å². The summed E-state index contributed by atoms with van der Waals surface area (Å²) in [5, 5.41) is 0. The minimum Gasteiger partial charge on any atom is -0.495 e. The van der Waals surface area contributed by atoms with Crippen molar-refractivity contribution in [2.24, 2.45) is 0 Å². The molecule has 0 fully saturated rings. The maximum Gasteiger partial charge on any atom is 0.264 e. The molecule has 0 saturated heterocycles. The summed E-state index contributed by atoms with van der Waals surface area (Å²) in [4.78, 5) is 15.4. The van der Waals surface area contributed by atoms with E-state index in [-0.39, 0.29) is 23.4 Å². The third-order valence-corrected chi connectivity index (χ3v) is 7.46. The van der Waals surface area contributed by atoms with Crippen LogP contribution >= 0.6 is 0 Å². The monoisotopic (exact) mass is 450 g/mol. The average Bonchev–Trinajstić information content (AvgIpc) is 3.13. The molecule has 0 N–H and O–H groups in total. The molecule has 3 aromatic rings. The second-order valence-corrected chi connectivity index (χ2v) is 9.81. The molecule has 1 aliphatic heterocycles. The zero-order valence-corrected chi connectivity index (χ0v) is 19.2. The average molecular weight is 451 g/mol. The molecule has 3 aromatic carbocycles. The van der Waals surface area contributed by atoms with Crippen LogP contribution in [0, 0.1) is 6.92 Å². The van der Waals surface area contributed by atoms with Crippen molar-refractivity contribution >= 4 is 27.3 Å². The third-order valence-electron chi connectivity index (χ3n) is 5.69. The first-order valence-corrected chi connectivity index (χ1v) is 11.9. The van der Waals surface area contributed by atoms with E-state index in [0.29, 0.717) is 11.4 Å². The van der Waals surface area contributed by atoms with Gasteiger partial charge in [0.15, 0.2) is 0 Å². The van der Waals surface area contributed by atoms with Crippen molar-refractivity contribution in [2.45, 2.75) is 31.2 Å². The Bertz CT molecular complexity index is 1240. The number of hydrogen-bond acceptors (Lipinski definition) is 4. The summed E-state index contributed by atoms with van der Waals surface area (Å²) in [5.74, 6) is 0.100. The van der Waals surface area contributed by atoms with Crippen molar-refractivity contribution < 1.29 is 17.9 Å². The highest BCUT2D eigenvalue weighted by Crippen LogP contribution is 2.36. The molecule has 166 valence electrons. The van der Waals surface area contributed by atoms with Gasteiger partial charge in [-0.15, -0.1) is 0 Å². The van der Waals surface area contributed by atoms with E-state index in [9.17, 15) is 13.2 Å². The molecule has 1 heterocycles. The third kappa shape index (κ3) is 3.96. The van der Waals surface area contributed by atoms with Crippen molar-refractivity contribution in [1.29, 1.82) is 0 Å². The van der Waals surface area contributed by atoms with Crippen LogP contribution < -0.4 is 13.9 Å². The highest BCUT2D eigenvalue weighted by Gasteiger charge is 2.35. The van der Waals surface area contributed by atoms with Crippen LogP contribution in [-0.4, -0.2) is 34.0 Å². The standard InChI is InChI=1S/C25H26N2O4S/c1-18-13-14-24(31-3)23(15-18)26(32(29,30)21-10-5-4-6-11-21)17-25(28)27-19(2)16-20-9-7-8-12-22(20)27/h4-15,19H,16-17H2,1-3H3/t19-/m1/s1. The second-order valence-electron chi connectivity index (χ2n) is 7.95. The zero-order chi connectivity index (χ0) is 22.9. The zero-order valence-electron chi connectivity index (χ0n) is 18.4. The summed E-state index contributed by atoms with van der Waals surface area (Å²) in [5.41, 5.74) is 3.11. The van der Waals surface area contributed by atoms with Gasteiger partial charge >= 0.3 is 0 Å². The van der Waals surface area contributed by atoms with Gasteiger partial charge in [0, 0.05) is 11.7 Å². The molecular formula is C25H26N2O4S. The van der Waals surface area contributed by atoms with Gasteiger partial charge in [-0.2, -0.15) is 0 Å². The fraction of sp³-hybridized carbons (Fsp3) is 0.240. The lowest BCUT2D eigenvalue weighted by Crippen LogP contribution is -2.45. The lowest BCUT2D eigenvalue weighted by Gasteiger charge is -2.29. The number of anilines is 2. The smallest absolute Gasteiger partial charge is 0.264 e. The molecule has 0 radical (unpaired) electrons. The first kappa shape index (κ1) is 21.9. The number of rotatable bonds is 6. The molecule has 0 unspecified atom stereocenters. The fourth-order valence-corrected chi connectivity index (χ4v) is 5.60. The van der Waals surface area contributed by atoms with E-state index in [2.05, 4.69) is 0 Å². The van der Waals surface area contributed by atoms with Gasteiger partial charge in [-0.05, 0) is 61.7 Å². The predicted octanol–water partition coefficient (Wildman–Crippen LogP) is 4.18. The Morgan fingerprint density at radius 3 is 2.47 bits per heavy atom. The minimum absolute atomic E-state index is 0.0550. The number of amides is 1. The van der Waals surface area contributed by atoms with Gasteiger partial charge in [0.25, 0.3) is 10.0 Å². The van der Waals surface area contributed by atoms with Crippen LogP contribution in [0.4, 0.5) is 11.4 Å². The van der Waals surface area contributed by atoms with E-state index in [1.165, 1.54) is 19.2 Å². The van der Waals surface area contributed by atoms with Crippen LogP contribution in [0.15, 0.2) is 77.7 Å². The van der Waals surface area contributed by atoms with Crippen molar-refractivity contribution in [2.75, 3.05) is 22.9 Å². The molecule has 1 amide bonds. The Morgan fingerprint density at radius 1 is 1.06 bits per heavy atom. The SMILES string of the molecule is COc1ccc(C)cc1N(CC(=O)N1c2ccccc2C[C@H]1C)S(=O)(=O)c1ccccc1. The second kappa shape index (κ2) is 8.67. The molecule has 7 heteroatoms. The Hall–Kier alpha value is -3.32. The molecular weight excluding hydrogens is 424 g/mol. The first-order chi connectivity index (χ1) is 15.3. The highest BCUT2D eigenvalue weighted by molar-refractivity contribution is 7.92. The molecule has 1 atom stereocenters. The van der Waals surface area contributed by atoms with Gasteiger partial charge in [0.2, 0.25) is 5.91 Å². The number of hydrogen-bond donors (Lipinski definition) is 0. The molecule has 32 heavy (non-hydrogen) atoms. The molecule has 0 aliphatic carbocycles. The number of carbonyl (C=O) groups is 1. The number of benzene rings is 3. The number of fused-ring (bicyclic) bond motifs is 1. The molecule has 0 bridgehead atoms. The lowest BCUT2D eigenvalue weighted by molar-refractivity contribution is -0.117. The van der Waals surface area contributed by atoms with Gasteiger partial charge in [-0.1, -0.05) is 42.5 Å². The van der Waals surface area contributed by atoms with Crippen LogP contribution in [0.2, 0.25) is 0 Å². The molecule has 0 saturated carbocycles. The molecule has 0 aromatic heterocycles. The van der Waals surface area contributed by atoms with E-state index >= 15 is 0 Å².